The molecule has 0 saturated carbocycles. The van der Waals surface area contributed by atoms with Crippen LogP contribution in [0.3, 0.4) is 0 Å². The van der Waals surface area contributed by atoms with Crippen LogP contribution >= 0.6 is 11.3 Å². The monoisotopic (exact) mass is 446 g/mol. The lowest BCUT2D eigenvalue weighted by atomic mass is 10.1. The van der Waals surface area contributed by atoms with Gasteiger partial charge in [0.2, 0.25) is 5.91 Å². The number of hydrogen-bond acceptors (Lipinski definition) is 5. The van der Waals surface area contributed by atoms with Crippen LogP contribution in [0.1, 0.15) is 44.7 Å². The number of ether oxygens (including phenoxy) is 1. The molecule has 32 heavy (non-hydrogen) atoms. The molecule has 2 aromatic carbocycles. The van der Waals surface area contributed by atoms with E-state index in [4.69, 9.17) is 4.74 Å². The van der Waals surface area contributed by atoms with Gasteiger partial charge in [-0.3, -0.25) is 9.59 Å². The molecule has 0 aliphatic carbocycles. The van der Waals surface area contributed by atoms with Crippen LogP contribution in [0.5, 0.6) is 0 Å². The first-order chi connectivity index (χ1) is 15.5. The molecule has 0 spiro atoms. The molecule has 0 saturated heterocycles. The lowest BCUT2D eigenvalue weighted by molar-refractivity contribution is -0.116. The van der Waals surface area contributed by atoms with E-state index >= 15 is 0 Å². The van der Waals surface area contributed by atoms with Crippen LogP contribution in [-0.4, -0.2) is 31.4 Å². The highest BCUT2D eigenvalue weighted by atomic mass is 32.1. The van der Waals surface area contributed by atoms with Crippen molar-refractivity contribution in [2.45, 2.75) is 12.8 Å². The summed E-state index contributed by atoms with van der Waals surface area (Å²) in [7, 11) is 1.33. The summed E-state index contributed by atoms with van der Waals surface area (Å²) in [5.41, 5.74) is 3.13. The molecule has 0 bridgehead atoms. The Morgan fingerprint density at radius 3 is 2.44 bits per heavy atom. The van der Waals surface area contributed by atoms with Gasteiger partial charge in [0.1, 0.15) is 0 Å². The minimum Gasteiger partial charge on any atom is -0.465 e. The van der Waals surface area contributed by atoms with E-state index in [-0.39, 0.29) is 11.8 Å². The van der Waals surface area contributed by atoms with E-state index in [0.29, 0.717) is 41.8 Å². The first-order valence-electron chi connectivity index (χ1n) is 9.96. The number of hydrogen-bond donors (Lipinski definition) is 2. The van der Waals surface area contributed by atoms with Gasteiger partial charge in [0.25, 0.3) is 5.91 Å². The summed E-state index contributed by atoms with van der Waals surface area (Å²) in [4.78, 5) is 35.7. The summed E-state index contributed by atoms with van der Waals surface area (Å²) in [6.45, 7) is 0.429. The molecule has 6 nitrogen and oxygen atoms in total. The van der Waals surface area contributed by atoms with Gasteiger partial charge in [-0.05, 0) is 54.3 Å². The Balaban J connectivity index is 1.51. The maximum atomic E-state index is 12.2. The number of esters is 1. The highest BCUT2D eigenvalue weighted by Gasteiger charge is 2.07. The highest BCUT2D eigenvalue weighted by Crippen LogP contribution is 2.12. The van der Waals surface area contributed by atoms with Crippen molar-refractivity contribution in [3.63, 3.8) is 0 Å². The third-order valence-corrected chi connectivity index (χ3v) is 5.11. The molecular weight excluding hydrogens is 424 g/mol. The number of rotatable bonds is 7. The average Bonchev–Trinajstić information content (AvgIpc) is 3.35. The fourth-order valence-electron chi connectivity index (χ4n) is 2.83. The molecule has 0 atom stereocenters. The number of anilines is 1. The summed E-state index contributed by atoms with van der Waals surface area (Å²) in [5.74, 6) is 5.38. The molecule has 3 rings (SSSR count). The molecule has 162 valence electrons. The van der Waals surface area contributed by atoms with Crippen molar-refractivity contribution in [1.29, 1.82) is 0 Å². The summed E-state index contributed by atoms with van der Waals surface area (Å²) >= 11 is 1.47. The molecule has 0 fully saturated rings. The number of carbonyl (C=O) groups is 3. The summed E-state index contributed by atoms with van der Waals surface area (Å²) in [6, 6.07) is 15.9. The number of thiophene rings is 1. The molecule has 2 N–H and O–H groups in total. The van der Waals surface area contributed by atoms with Crippen LogP contribution in [0.15, 0.2) is 65.4 Å². The predicted molar refractivity (Wildman–Crippen MR) is 125 cm³/mol. The van der Waals surface area contributed by atoms with Gasteiger partial charge < -0.3 is 15.4 Å². The van der Waals surface area contributed by atoms with E-state index in [1.54, 1.807) is 41.8 Å². The van der Waals surface area contributed by atoms with Crippen molar-refractivity contribution in [1.82, 2.24) is 5.32 Å². The van der Waals surface area contributed by atoms with Gasteiger partial charge in [0, 0.05) is 40.7 Å². The average molecular weight is 447 g/mol. The second-order valence-corrected chi connectivity index (χ2v) is 7.60. The number of nitrogens with one attached hydrogen (secondary N) is 2. The minimum absolute atomic E-state index is 0.130. The van der Waals surface area contributed by atoms with Crippen molar-refractivity contribution >= 4 is 34.8 Å². The van der Waals surface area contributed by atoms with Crippen LogP contribution in [0, 0.1) is 11.8 Å². The first kappa shape index (κ1) is 22.8. The number of carbonyl (C=O) groups excluding carboxylic acids is 3. The van der Waals surface area contributed by atoms with Crippen LogP contribution in [0.25, 0.3) is 0 Å². The van der Waals surface area contributed by atoms with Crippen LogP contribution in [0.4, 0.5) is 5.69 Å². The van der Waals surface area contributed by atoms with Crippen molar-refractivity contribution in [2.24, 2.45) is 0 Å². The normalized spacial score (nSPS) is 9.91. The van der Waals surface area contributed by atoms with E-state index in [2.05, 4.69) is 22.5 Å². The molecule has 0 aliphatic heterocycles. The van der Waals surface area contributed by atoms with E-state index in [1.165, 1.54) is 18.4 Å². The predicted octanol–water partition coefficient (Wildman–Crippen LogP) is 4.08. The highest BCUT2D eigenvalue weighted by molar-refractivity contribution is 7.08. The maximum absolute atomic E-state index is 12.2. The SMILES string of the molecule is COC(=O)c1cccc(C#Cc2cccc(NC(=O)CCCNC(=O)c3ccsc3)c2)c1. The van der Waals surface area contributed by atoms with Gasteiger partial charge in [-0.15, -0.1) is 0 Å². The molecular formula is C25H22N2O4S. The number of methoxy groups -OCH3 is 1. The molecule has 0 unspecified atom stereocenters. The number of amides is 2. The molecule has 1 heterocycles. The zero-order valence-electron chi connectivity index (χ0n) is 17.5. The lowest BCUT2D eigenvalue weighted by Gasteiger charge is -2.06. The lowest BCUT2D eigenvalue weighted by Crippen LogP contribution is -2.25. The standard InChI is InChI=1S/C25H22N2O4S/c1-31-25(30)20-7-2-5-18(15-20)10-11-19-6-3-8-22(16-19)27-23(28)9-4-13-26-24(29)21-12-14-32-17-21/h2-3,5-8,12,14-17H,4,9,13H2,1H3,(H,26,29)(H,27,28). The number of benzene rings is 2. The van der Waals surface area contributed by atoms with Gasteiger partial charge in [-0.25, -0.2) is 4.79 Å². The van der Waals surface area contributed by atoms with Crippen LogP contribution in [-0.2, 0) is 9.53 Å². The second kappa shape index (κ2) is 11.5. The maximum Gasteiger partial charge on any atom is 0.337 e. The minimum atomic E-state index is -0.413. The summed E-state index contributed by atoms with van der Waals surface area (Å²) < 4.78 is 4.72. The summed E-state index contributed by atoms with van der Waals surface area (Å²) in [6.07, 6.45) is 0.831. The quantitative estimate of drug-likeness (QED) is 0.325. The molecule has 1 aromatic heterocycles. The van der Waals surface area contributed by atoms with Crippen LogP contribution in [0.2, 0.25) is 0 Å². The third kappa shape index (κ3) is 6.83. The Morgan fingerprint density at radius 1 is 0.969 bits per heavy atom. The largest absolute Gasteiger partial charge is 0.465 e. The second-order valence-electron chi connectivity index (χ2n) is 6.82. The van der Waals surface area contributed by atoms with Crippen molar-refractivity contribution in [2.75, 3.05) is 19.0 Å². The van der Waals surface area contributed by atoms with E-state index < -0.39 is 5.97 Å². The molecule has 3 aromatic rings. The molecule has 0 aliphatic rings. The third-order valence-electron chi connectivity index (χ3n) is 4.43. The molecule has 7 heteroatoms. The zero-order chi connectivity index (χ0) is 22.8. The van der Waals surface area contributed by atoms with Gasteiger partial charge in [0.15, 0.2) is 0 Å². The van der Waals surface area contributed by atoms with Gasteiger partial charge in [-0.2, -0.15) is 11.3 Å². The Kier molecular flexibility index (Phi) is 8.18. The fraction of sp³-hybridized carbons (Fsp3) is 0.160. The van der Waals surface area contributed by atoms with Gasteiger partial charge in [-0.1, -0.05) is 24.0 Å². The van der Waals surface area contributed by atoms with Gasteiger partial charge in [0.05, 0.1) is 12.7 Å². The Labute approximate surface area is 190 Å². The molecule has 0 radical (unpaired) electrons. The van der Waals surface area contributed by atoms with Gasteiger partial charge >= 0.3 is 5.97 Å². The van der Waals surface area contributed by atoms with Crippen LogP contribution < -0.4 is 10.6 Å². The topological polar surface area (TPSA) is 84.5 Å². The first-order valence-corrected chi connectivity index (χ1v) is 10.9. The summed E-state index contributed by atoms with van der Waals surface area (Å²) in [5, 5.41) is 9.28. The van der Waals surface area contributed by atoms with E-state index in [1.807, 2.05) is 23.6 Å². The van der Waals surface area contributed by atoms with Crippen molar-refractivity contribution in [3.8, 4) is 11.8 Å². The Bertz CT molecular complexity index is 1160. The fourth-order valence-corrected chi connectivity index (χ4v) is 3.47. The smallest absolute Gasteiger partial charge is 0.337 e. The van der Waals surface area contributed by atoms with E-state index in [0.717, 1.165) is 5.56 Å². The van der Waals surface area contributed by atoms with Crippen molar-refractivity contribution in [3.05, 3.63) is 87.6 Å². The van der Waals surface area contributed by atoms with E-state index in [9.17, 15) is 14.4 Å². The molecule has 2 amide bonds. The van der Waals surface area contributed by atoms with Crippen molar-refractivity contribution < 1.29 is 19.1 Å². The Hall–Kier alpha value is -3.89. The zero-order valence-corrected chi connectivity index (χ0v) is 18.3. The Morgan fingerprint density at radius 2 is 1.72 bits per heavy atom.